The Morgan fingerprint density at radius 2 is 2.13 bits per heavy atom. The third kappa shape index (κ3) is 2.71. The molecule has 82 valence electrons. The molecule has 0 aromatic carbocycles. The van der Waals surface area contributed by atoms with Gasteiger partial charge in [0, 0.05) is 12.1 Å². The number of allylic oxidation sites excluding steroid dienone is 2. The topological polar surface area (TPSA) is 29.1 Å². The zero-order chi connectivity index (χ0) is 10.8. The molecule has 0 aliphatic heterocycles. The van der Waals surface area contributed by atoms with Crippen LogP contribution in [0.25, 0.3) is 0 Å². The van der Waals surface area contributed by atoms with Crippen molar-refractivity contribution in [3.63, 3.8) is 0 Å². The molecular formula is C13H19NO. The lowest BCUT2D eigenvalue weighted by Gasteiger charge is -2.18. The van der Waals surface area contributed by atoms with Crippen LogP contribution in [0.3, 0.4) is 0 Å². The first-order valence-electron chi connectivity index (χ1n) is 5.85. The van der Waals surface area contributed by atoms with Crippen molar-refractivity contribution < 1.29 is 4.79 Å². The summed E-state index contributed by atoms with van der Waals surface area (Å²) in [6, 6.07) is 0. The largest absolute Gasteiger partial charge is 0.352 e. The van der Waals surface area contributed by atoms with Gasteiger partial charge >= 0.3 is 0 Å². The summed E-state index contributed by atoms with van der Waals surface area (Å²) in [6.07, 6.45) is 8.71. The van der Waals surface area contributed by atoms with E-state index in [4.69, 9.17) is 0 Å². The molecule has 2 heteroatoms. The molecule has 1 amide bonds. The van der Waals surface area contributed by atoms with Gasteiger partial charge in [0.1, 0.15) is 0 Å². The van der Waals surface area contributed by atoms with Gasteiger partial charge in [-0.25, -0.2) is 0 Å². The van der Waals surface area contributed by atoms with Crippen LogP contribution < -0.4 is 5.32 Å². The fourth-order valence-electron chi connectivity index (χ4n) is 1.73. The summed E-state index contributed by atoms with van der Waals surface area (Å²) >= 11 is 0. The quantitative estimate of drug-likeness (QED) is 0.752. The minimum absolute atomic E-state index is 0.0944. The van der Waals surface area contributed by atoms with E-state index < -0.39 is 0 Å². The van der Waals surface area contributed by atoms with E-state index in [0.717, 1.165) is 18.0 Å². The van der Waals surface area contributed by atoms with Gasteiger partial charge in [0.15, 0.2) is 0 Å². The minimum Gasteiger partial charge on any atom is -0.352 e. The molecule has 0 aromatic rings. The maximum absolute atomic E-state index is 11.8. The van der Waals surface area contributed by atoms with Gasteiger partial charge in [-0.3, -0.25) is 4.79 Å². The summed E-state index contributed by atoms with van der Waals surface area (Å²) in [5, 5.41) is 2.99. The normalized spacial score (nSPS) is 29.9. The fourth-order valence-corrected chi connectivity index (χ4v) is 1.73. The molecule has 1 saturated carbocycles. The van der Waals surface area contributed by atoms with Crippen molar-refractivity contribution in [2.24, 2.45) is 17.8 Å². The van der Waals surface area contributed by atoms with E-state index in [-0.39, 0.29) is 5.91 Å². The van der Waals surface area contributed by atoms with E-state index in [1.54, 1.807) is 0 Å². The molecule has 2 aliphatic rings. The third-order valence-electron chi connectivity index (χ3n) is 3.36. The molecule has 0 saturated heterocycles. The fraction of sp³-hybridized carbons (Fsp3) is 0.615. The summed E-state index contributed by atoms with van der Waals surface area (Å²) in [5.41, 5.74) is 0.834. The van der Waals surface area contributed by atoms with Gasteiger partial charge in [-0.2, -0.15) is 0 Å². The lowest BCUT2D eigenvalue weighted by Crippen LogP contribution is -2.27. The molecule has 0 bridgehead atoms. The lowest BCUT2D eigenvalue weighted by atomic mass is 9.88. The molecule has 2 rings (SSSR count). The number of hydrogen-bond acceptors (Lipinski definition) is 1. The van der Waals surface area contributed by atoms with Crippen LogP contribution >= 0.6 is 0 Å². The van der Waals surface area contributed by atoms with Gasteiger partial charge in [0.2, 0.25) is 0 Å². The van der Waals surface area contributed by atoms with Crippen molar-refractivity contribution in [2.75, 3.05) is 6.54 Å². The molecule has 15 heavy (non-hydrogen) atoms. The summed E-state index contributed by atoms with van der Waals surface area (Å²) in [7, 11) is 0. The molecule has 1 fully saturated rings. The molecule has 0 unspecified atom stereocenters. The first-order chi connectivity index (χ1) is 7.16. The molecular weight excluding hydrogens is 186 g/mol. The van der Waals surface area contributed by atoms with Crippen LogP contribution in [0, 0.1) is 17.8 Å². The van der Waals surface area contributed by atoms with Gasteiger partial charge in [0.05, 0.1) is 0 Å². The monoisotopic (exact) mass is 205 g/mol. The van der Waals surface area contributed by atoms with Crippen molar-refractivity contribution in [3.8, 4) is 0 Å². The van der Waals surface area contributed by atoms with Crippen molar-refractivity contribution in [3.05, 3.63) is 23.8 Å². The highest BCUT2D eigenvalue weighted by molar-refractivity contribution is 5.96. The zero-order valence-electron chi connectivity index (χ0n) is 9.49. The van der Waals surface area contributed by atoms with Crippen LogP contribution in [0.5, 0.6) is 0 Å². The van der Waals surface area contributed by atoms with Gasteiger partial charge in [0.25, 0.3) is 5.91 Å². The van der Waals surface area contributed by atoms with Crippen molar-refractivity contribution in [2.45, 2.75) is 26.7 Å². The van der Waals surface area contributed by atoms with Crippen LogP contribution in [0.1, 0.15) is 26.7 Å². The van der Waals surface area contributed by atoms with Crippen LogP contribution in [0.2, 0.25) is 0 Å². The maximum atomic E-state index is 11.8. The number of rotatable bonds is 3. The van der Waals surface area contributed by atoms with E-state index in [9.17, 15) is 4.79 Å². The standard InChI is InChI=1S/C13H19NO/c1-9-3-6-12(7-10(9)2)13(15)14-8-11-4-5-11/h3,6-7,9-11H,4-5,8H2,1-2H3,(H,14,15)/t9-,10+/m0/s1. The molecule has 1 N–H and O–H groups in total. The van der Waals surface area contributed by atoms with Crippen molar-refractivity contribution in [1.82, 2.24) is 5.32 Å². The predicted molar refractivity (Wildman–Crippen MR) is 61.3 cm³/mol. The van der Waals surface area contributed by atoms with Gasteiger partial charge in [-0.05, 0) is 30.6 Å². The number of carbonyl (C=O) groups is 1. The smallest absolute Gasteiger partial charge is 0.250 e. The summed E-state index contributed by atoms with van der Waals surface area (Å²) in [5.74, 6) is 1.86. The lowest BCUT2D eigenvalue weighted by molar-refractivity contribution is -0.117. The molecule has 2 aliphatic carbocycles. The molecule has 0 spiro atoms. The molecule has 0 radical (unpaired) electrons. The van der Waals surface area contributed by atoms with Crippen molar-refractivity contribution >= 4 is 5.91 Å². The third-order valence-corrected chi connectivity index (χ3v) is 3.36. The second-order valence-corrected chi connectivity index (χ2v) is 4.85. The first-order valence-corrected chi connectivity index (χ1v) is 5.85. The van der Waals surface area contributed by atoms with Crippen LogP contribution in [0.15, 0.2) is 23.8 Å². The highest BCUT2D eigenvalue weighted by Crippen LogP contribution is 2.28. The molecule has 0 aromatic heterocycles. The Labute approximate surface area is 91.4 Å². The van der Waals surface area contributed by atoms with Crippen LogP contribution in [0.4, 0.5) is 0 Å². The Bertz CT molecular complexity index is 312. The Morgan fingerprint density at radius 1 is 1.40 bits per heavy atom. The average molecular weight is 205 g/mol. The van der Waals surface area contributed by atoms with Gasteiger partial charge in [-0.1, -0.05) is 32.1 Å². The van der Waals surface area contributed by atoms with Crippen LogP contribution in [-0.4, -0.2) is 12.5 Å². The number of carbonyl (C=O) groups excluding carboxylic acids is 1. The van der Waals surface area contributed by atoms with Gasteiger partial charge < -0.3 is 5.32 Å². The minimum atomic E-state index is 0.0944. The SMILES string of the molecule is C[C@@H]1C=C(C(=O)NCC2CC2)C=C[C@@H]1C. The van der Waals surface area contributed by atoms with Crippen LogP contribution in [-0.2, 0) is 4.79 Å². The van der Waals surface area contributed by atoms with E-state index in [2.05, 4.69) is 31.3 Å². The van der Waals surface area contributed by atoms with E-state index in [1.807, 2.05) is 6.08 Å². The van der Waals surface area contributed by atoms with E-state index in [0.29, 0.717) is 11.8 Å². The van der Waals surface area contributed by atoms with Crippen molar-refractivity contribution in [1.29, 1.82) is 0 Å². The Hall–Kier alpha value is -1.05. The predicted octanol–water partition coefficient (Wildman–Crippen LogP) is 2.28. The number of nitrogens with one attached hydrogen (secondary N) is 1. The Morgan fingerprint density at radius 3 is 2.73 bits per heavy atom. The molecule has 0 heterocycles. The molecule has 2 nitrogen and oxygen atoms in total. The second kappa shape index (κ2) is 4.21. The average Bonchev–Trinajstić information content (AvgIpc) is 3.02. The zero-order valence-corrected chi connectivity index (χ0v) is 9.49. The second-order valence-electron chi connectivity index (χ2n) is 4.85. The molecule has 2 atom stereocenters. The summed E-state index contributed by atoms with van der Waals surface area (Å²) in [6.45, 7) is 5.19. The summed E-state index contributed by atoms with van der Waals surface area (Å²) in [4.78, 5) is 11.8. The maximum Gasteiger partial charge on any atom is 0.250 e. The number of hydrogen-bond donors (Lipinski definition) is 1. The highest BCUT2D eigenvalue weighted by atomic mass is 16.1. The highest BCUT2D eigenvalue weighted by Gasteiger charge is 2.22. The number of amides is 1. The first kappa shape index (κ1) is 10.5. The van der Waals surface area contributed by atoms with Gasteiger partial charge in [-0.15, -0.1) is 0 Å². The Balaban J connectivity index is 1.89. The van der Waals surface area contributed by atoms with E-state index in [1.165, 1.54) is 12.8 Å². The van der Waals surface area contributed by atoms with E-state index >= 15 is 0 Å². The summed E-state index contributed by atoms with van der Waals surface area (Å²) < 4.78 is 0. The Kier molecular flexibility index (Phi) is 2.94.